The Morgan fingerprint density at radius 2 is 1.88 bits per heavy atom. The molecule has 8 nitrogen and oxygen atoms in total. The lowest BCUT2D eigenvalue weighted by Crippen LogP contribution is -2.43. The first kappa shape index (κ1) is 20.8. The highest BCUT2D eigenvalue weighted by Gasteiger charge is 2.34. The molecule has 1 atom stereocenters. The quantitative estimate of drug-likeness (QED) is 0.799. The molecule has 2 aliphatic heterocycles. The number of rotatable bonds is 3. The molecule has 4 heterocycles. The molecule has 3 aliphatic rings. The smallest absolute Gasteiger partial charge is 0.256 e. The Labute approximate surface area is 187 Å². The fourth-order valence-corrected chi connectivity index (χ4v) is 5.34. The predicted octanol–water partition coefficient (Wildman–Crippen LogP) is 2.61. The van der Waals surface area contributed by atoms with Crippen molar-refractivity contribution in [3.05, 3.63) is 57.5 Å². The van der Waals surface area contributed by atoms with E-state index in [1.807, 2.05) is 9.80 Å². The van der Waals surface area contributed by atoms with Crippen molar-refractivity contribution < 1.29 is 9.59 Å². The summed E-state index contributed by atoms with van der Waals surface area (Å²) in [5.41, 5.74) is 1.71. The summed E-state index contributed by atoms with van der Waals surface area (Å²) in [6, 6.07) is 3.26. The predicted molar refractivity (Wildman–Crippen MR) is 118 cm³/mol. The van der Waals surface area contributed by atoms with Crippen LogP contribution in [0, 0.1) is 5.92 Å². The molecule has 0 unspecified atom stereocenters. The van der Waals surface area contributed by atoms with Gasteiger partial charge < -0.3 is 14.8 Å². The van der Waals surface area contributed by atoms with Crippen LogP contribution in [0.5, 0.6) is 0 Å². The minimum Gasteiger partial charge on any atom is -0.337 e. The maximum atomic E-state index is 13.1. The van der Waals surface area contributed by atoms with E-state index in [9.17, 15) is 14.4 Å². The number of nitrogens with zero attached hydrogens (tertiary/aromatic N) is 4. The number of nitrogens with one attached hydrogen (secondary N) is 1. The summed E-state index contributed by atoms with van der Waals surface area (Å²) < 4.78 is 0. The molecular weight excluding hydrogens is 406 g/mol. The van der Waals surface area contributed by atoms with Gasteiger partial charge in [0.2, 0.25) is 5.91 Å². The first-order chi connectivity index (χ1) is 15.6. The van der Waals surface area contributed by atoms with Crippen LogP contribution < -0.4 is 5.56 Å². The summed E-state index contributed by atoms with van der Waals surface area (Å²) >= 11 is 0. The van der Waals surface area contributed by atoms with E-state index in [0.717, 1.165) is 50.6 Å². The van der Waals surface area contributed by atoms with Crippen LogP contribution in [0.15, 0.2) is 29.3 Å². The van der Waals surface area contributed by atoms with Gasteiger partial charge in [-0.15, -0.1) is 0 Å². The maximum absolute atomic E-state index is 13.1. The summed E-state index contributed by atoms with van der Waals surface area (Å²) in [5, 5.41) is 0. The molecule has 2 amide bonds. The second-order valence-corrected chi connectivity index (χ2v) is 9.12. The van der Waals surface area contributed by atoms with Crippen molar-refractivity contribution >= 4 is 11.8 Å². The van der Waals surface area contributed by atoms with Gasteiger partial charge in [0, 0.05) is 37.8 Å². The van der Waals surface area contributed by atoms with Gasteiger partial charge in [-0.2, -0.15) is 0 Å². The van der Waals surface area contributed by atoms with E-state index in [1.165, 1.54) is 0 Å². The minimum absolute atomic E-state index is 0.0866. The highest BCUT2D eigenvalue weighted by atomic mass is 16.2. The molecule has 1 aliphatic carbocycles. The molecule has 2 aromatic heterocycles. The number of aromatic nitrogens is 3. The number of H-pyrrole nitrogens is 1. The molecule has 0 radical (unpaired) electrons. The molecule has 1 saturated carbocycles. The molecule has 2 aromatic rings. The topological polar surface area (TPSA) is 99.3 Å². The number of hydrogen-bond donors (Lipinski definition) is 1. The van der Waals surface area contributed by atoms with Crippen molar-refractivity contribution in [2.75, 3.05) is 13.1 Å². The van der Waals surface area contributed by atoms with Gasteiger partial charge in [-0.3, -0.25) is 19.4 Å². The number of pyridine rings is 1. The number of piperidine rings is 1. The van der Waals surface area contributed by atoms with Crippen LogP contribution in [0.1, 0.15) is 78.4 Å². The van der Waals surface area contributed by atoms with E-state index in [-0.39, 0.29) is 29.3 Å². The SMILES string of the molecule is O=C(C1CCCC1)N1CCc2nc([C@@H]3CCCCN3C(=O)c3cccnc3)[nH]c(=O)c2C1. The lowest BCUT2D eigenvalue weighted by atomic mass is 9.99. The lowest BCUT2D eigenvalue weighted by Gasteiger charge is -2.36. The molecule has 1 saturated heterocycles. The minimum atomic E-state index is -0.257. The Kier molecular flexibility index (Phi) is 5.76. The number of fused-ring (bicyclic) bond motifs is 1. The van der Waals surface area contributed by atoms with E-state index in [2.05, 4.69) is 9.97 Å². The van der Waals surface area contributed by atoms with Gasteiger partial charge in [-0.05, 0) is 44.2 Å². The highest BCUT2D eigenvalue weighted by molar-refractivity contribution is 5.94. The number of carbonyl (C=O) groups is 2. The first-order valence-electron chi connectivity index (χ1n) is 11.7. The summed E-state index contributed by atoms with van der Waals surface area (Å²) in [4.78, 5) is 54.4. The standard InChI is InChI=1S/C24H29N5O3/c30-22-18-15-28(23(31)16-6-1-2-7-16)13-10-19(18)26-21(27-22)20-9-3-4-12-29(20)24(32)17-8-5-11-25-14-17/h5,8,11,14,16,20H,1-4,6-7,9-10,12-13,15H2,(H,26,27,30)/t20-/m0/s1. The number of carbonyl (C=O) groups excluding carboxylic acids is 2. The summed E-state index contributed by atoms with van der Waals surface area (Å²) in [6.45, 7) is 1.56. The van der Waals surface area contributed by atoms with Gasteiger partial charge >= 0.3 is 0 Å². The Balaban J connectivity index is 1.39. The van der Waals surface area contributed by atoms with Crippen LogP contribution in [0.4, 0.5) is 0 Å². The van der Waals surface area contributed by atoms with E-state index in [4.69, 9.17) is 4.98 Å². The van der Waals surface area contributed by atoms with Crippen LogP contribution in [-0.2, 0) is 17.8 Å². The second-order valence-electron chi connectivity index (χ2n) is 9.12. The Bertz CT molecular complexity index is 1060. The molecule has 32 heavy (non-hydrogen) atoms. The second kappa shape index (κ2) is 8.84. The molecule has 0 spiro atoms. The zero-order valence-corrected chi connectivity index (χ0v) is 18.3. The molecule has 2 fully saturated rings. The van der Waals surface area contributed by atoms with Gasteiger partial charge in [0.05, 0.1) is 29.4 Å². The van der Waals surface area contributed by atoms with Gasteiger partial charge in [0.15, 0.2) is 0 Å². The first-order valence-corrected chi connectivity index (χ1v) is 11.7. The van der Waals surface area contributed by atoms with E-state index in [0.29, 0.717) is 43.0 Å². The third kappa shape index (κ3) is 3.94. The molecule has 1 N–H and O–H groups in total. The van der Waals surface area contributed by atoms with Gasteiger partial charge in [-0.1, -0.05) is 12.8 Å². The fraction of sp³-hybridized carbons (Fsp3) is 0.542. The van der Waals surface area contributed by atoms with Crippen molar-refractivity contribution in [1.82, 2.24) is 24.8 Å². The van der Waals surface area contributed by atoms with Crippen molar-refractivity contribution in [3.63, 3.8) is 0 Å². The Morgan fingerprint density at radius 3 is 2.66 bits per heavy atom. The number of aromatic amines is 1. The van der Waals surface area contributed by atoms with Crippen LogP contribution in [0.25, 0.3) is 0 Å². The van der Waals surface area contributed by atoms with Gasteiger partial charge in [0.1, 0.15) is 5.82 Å². The highest BCUT2D eigenvalue weighted by Crippen LogP contribution is 2.31. The number of hydrogen-bond acceptors (Lipinski definition) is 5. The van der Waals surface area contributed by atoms with Crippen molar-refractivity contribution in [2.24, 2.45) is 5.92 Å². The third-order valence-corrected chi connectivity index (χ3v) is 7.09. The third-order valence-electron chi connectivity index (χ3n) is 7.09. The summed E-state index contributed by atoms with van der Waals surface area (Å²) in [6.07, 6.45) is 10.6. The largest absolute Gasteiger partial charge is 0.337 e. The van der Waals surface area contributed by atoms with Crippen molar-refractivity contribution in [3.8, 4) is 0 Å². The van der Waals surface area contributed by atoms with E-state index in [1.54, 1.807) is 24.5 Å². The lowest BCUT2D eigenvalue weighted by molar-refractivity contribution is -0.136. The van der Waals surface area contributed by atoms with E-state index >= 15 is 0 Å². The molecule has 8 heteroatoms. The van der Waals surface area contributed by atoms with Crippen LogP contribution in [0.3, 0.4) is 0 Å². The average molecular weight is 436 g/mol. The van der Waals surface area contributed by atoms with Gasteiger partial charge in [0.25, 0.3) is 11.5 Å². The van der Waals surface area contributed by atoms with Crippen LogP contribution >= 0.6 is 0 Å². The molecule has 5 rings (SSSR count). The number of likely N-dealkylation sites (tertiary alicyclic amines) is 1. The molecule has 168 valence electrons. The Morgan fingerprint density at radius 1 is 1.06 bits per heavy atom. The monoisotopic (exact) mass is 435 g/mol. The molecule has 0 aromatic carbocycles. The van der Waals surface area contributed by atoms with Crippen molar-refractivity contribution in [2.45, 2.75) is 64.0 Å². The number of amides is 2. The Hall–Kier alpha value is -3.03. The van der Waals surface area contributed by atoms with Crippen LogP contribution in [0.2, 0.25) is 0 Å². The zero-order valence-electron chi connectivity index (χ0n) is 18.3. The maximum Gasteiger partial charge on any atom is 0.256 e. The van der Waals surface area contributed by atoms with Crippen LogP contribution in [-0.4, -0.2) is 49.7 Å². The summed E-state index contributed by atoms with van der Waals surface area (Å²) in [5.74, 6) is 0.757. The van der Waals surface area contributed by atoms with Crippen molar-refractivity contribution in [1.29, 1.82) is 0 Å². The zero-order chi connectivity index (χ0) is 22.1. The molecular formula is C24H29N5O3. The fourth-order valence-electron chi connectivity index (χ4n) is 5.34. The summed E-state index contributed by atoms with van der Waals surface area (Å²) in [7, 11) is 0. The van der Waals surface area contributed by atoms with Gasteiger partial charge in [-0.25, -0.2) is 4.98 Å². The van der Waals surface area contributed by atoms with E-state index < -0.39 is 0 Å². The average Bonchev–Trinajstić information content (AvgIpc) is 3.38. The normalized spacial score (nSPS) is 21.4. The molecule has 0 bridgehead atoms.